The van der Waals surface area contributed by atoms with E-state index in [2.05, 4.69) is 0 Å². The highest BCUT2D eigenvalue weighted by Gasteiger charge is 2.39. The summed E-state index contributed by atoms with van der Waals surface area (Å²) < 4.78 is 66.5. The molecule has 10 heavy (non-hydrogen) atoms. The van der Waals surface area contributed by atoms with Crippen LogP contribution in [0, 0.1) is 0 Å². The molecule has 0 aromatic carbocycles. The summed E-state index contributed by atoms with van der Waals surface area (Å²) in [6, 6.07) is 0. The first-order valence-electron chi connectivity index (χ1n) is 2.07. The van der Waals surface area contributed by atoms with Crippen molar-refractivity contribution in [2.45, 2.75) is 12.3 Å². The standard InChI is InChI=1S/C4H2F6/c5-2(1-3(6)7)4(8,9)10/h1-2H. The second-order valence-corrected chi connectivity index (χ2v) is 1.40. The summed E-state index contributed by atoms with van der Waals surface area (Å²) >= 11 is 0. The van der Waals surface area contributed by atoms with E-state index < -0.39 is 24.5 Å². The molecule has 6 heteroatoms. The third-order valence-electron chi connectivity index (χ3n) is 0.585. The molecular weight excluding hydrogens is 162 g/mol. The maximum absolute atomic E-state index is 11.5. The molecule has 60 valence electrons. The van der Waals surface area contributed by atoms with Gasteiger partial charge in [-0.2, -0.15) is 22.0 Å². The SMILES string of the molecule is FC(F)=CC(F)C(F)(F)F. The van der Waals surface area contributed by atoms with Crippen molar-refractivity contribution in [3.63, 3.8) is 0 Å². The van der Waals surface area contributed by atoms with Gasteiger partial charge in [-0.1, -0.05) is 0 Å². The van der Waals surface area contributed by atoms with Crippen LogP contribution in [0.2, 0.25) is 0 Å². The van der Waals surface area contributed by atoms with E-state index in [1.165, 1.54) is 0 Å². The van der Waals surface area contributed by atoms with Crippen LogP contribution in [-0.2, 0) is 0 Å². The Bertz CT molecular complexity index is 129. The average molecular weight is 164 g/mol. The molecule has 1 atom stereocenters. The summed E-state index contributed by atoms with van der Waals surface area (Å²) in [5, 5.41) is 0. The fourth-order valence-corrected chi connectivity index (χ4v) is 0.205. The minimum absolute atomic E-state index is 0.792. The quantitative estimate of drug-likeness (QED) is 0.522. The van der Waals surface area contributed by atoms with Crippen LogP contribution >= 0.6 is 0 Å². The lowest BCUT2D eigenvalue weighted by Crippen LogP contribution is -2.21. The molecule has 1 unspecified atom stereocenters. The van der Waals surface area contributed by atoms with Crippen molar-refractivity contribution in [2.24, 2.45) is 0 Å². The number of halogens is 6. The van der Waals surface area contributed by atoms with Crippen LogP contribution < -0.4 is 0 Å². The van der Waals surface area contributed by atoms with Crippen molar-refractivity contribution in [1.29, 1.82) is 0 Å². The Balaban J connectivity index is 4.11. The molecule has 0 aliphatic heterocycles. The lowest BCUT2D eigenvalue weighted by atomic mass is 10.4. The molecule has 0 saturated heterocycles. The van der Waals surface area contributed by atoms with E-state index >= 15 is 0 Å². The number of alkyl halides is 4. The van der Waals surface area contributed by atoms with E-state index in [9.17, 15) is 26.3 Å². The fraction of sp³-hybridized carbons (Fsp3) is 0.500. The first-order chi connectivity index (χ1) is 4.34. The minimum atomic E-state index is -5.23. The van der Waals surface area contributed by atoms with Gasteiger partial charge in [0.1, 0.15) is 0 Å². The van der Waals surface area contributed by atoms with Gasteiger partial charge >= 0.3 is 6.18 Å². The third kappa shape index (κ3) is 3.37. The number of hydrogen-bond donors (Lipinski definition) is 0. The Hall–Kier alpha value is -0.680. The molecule has 0 rings (SSSR count). The van der Waals surface area contributed by atoms with Crippen molar-refractivity contribution < 1.29 is 26.3 Å². The summed E-state index contributed by atoms with van der Waals surface area (Å²) in [5.41, 5.74) is 0. The Kier molecular flexibility index (Phi) is 2.74. The van der Waals surface area contributed by atoms with Crippen LogP contribution in [-0.4, -0.2) is 12.3 Å². The van der Waals surface area contributed by atoms with Crippen molar-refractivity contribution in [1.82, 2.24) is 0 Å². The molecule has 0 saturated carbocycles. The minimum Gasteiger partial charge on any atom is -0.233 e. The zero-order chi connectivity index (χ0) is 8.36. The van der Waals surface area contributed by atoms with E-state index in [1.54, 1.807) is 0 Å². The molecule has 0 fully saturated rings. The monoisotopic (exact) mass is 164 g/mol. The Morgan fingerprint density at radius 1 is 1.20 bits per heavy atom. The van der Waals surface area contributed by atoms with Gasteiger partial charge in [0.05, 0.1) is 0 Å². The first-order valence-corrected chi connectivity index (χ1v) is 2.07. The van der Waals surface area contributed by atoms with Crippen LogP contribution in [0.4, 0.5) is 26.3 Å². The van der Waals surface area contributed by atoms with Gasteiger partial charge in [0.15, 0.2) is 0 Å². The maximum atomic E-state index is 11.5. The molecule has 0 N–H and O–H groups in total. The summed E-state index contributed by atoms with van der Waals surface area (Å²) in [6.07, 6.45) is -12.3. The summed E-state index contributed by atoms with van der Waals surface area (Å²) in [6.45, 7) is 0. The number of allylic oxidation sites excluding steroid dienone is 1. The van der Waals surface area contributed by atoms with Crippen molar-refractivity contribution in [2.75, 3.05) is 0 Å². The summed E-state index contributed by atoms with van der Waals surface area (Å²) in [4.78, 5) is 0. The lowest BCUT2D eigenvalue weighted by Gasteiger charge is -2.05. The second-order valence-electron chi connectivity index (χ2n) is 1.40. The van der Waals surface area contributed by atoms with Crippen molar-refractivity contribution in [3.05, 3.63) is 12.2 Å². The van der Waals surface area contributed by atoms with E-state index in [4.69, 9.17) is 0 Å². The molecule has 0 bridgehead atoms. The van der Waals surface area contributed by atoms with Gasteiger partial charge in [-0.15, -0.1) is 0 Å². The molecule has 0 aromatic heterocycles. The van der Waals surface area contributed by atoms with Gasteiger partial charge in [-0.25, -0.2) is 4.39 Å². The molecule has 0 spiro atoms. The van der Waals surface area contributed by atoms with Crippen molar-refractivity contribution >= 4 is 0 Å². The topological polar surface area (TPSA) is 0 Å². The van der Waals surface area contributed by atoms with Crippen LogP contribution in [0.3, 0.4) is 0 Å². The van der Waals surface area contributed by atoms with E-state index in [1.807, 2.05) is 0 Å². The summed E-state index contributed by atoms with van der Waals surface area (Å²) in [5.74, 6) is 0. The normalized spacial score (nSPS) is 14.6. The van der Waals surface area contributed by atoms with Gasteiger partial charge in [0.2, 0.25) is 6.17 Å². The zero-order valence-corrected chi connectivity index (χ0v) is 4.42. The van der Waals surface area contributed by atoms with E-state index in [0.717, 1.165) is 0 Å². The molecule has 0 aliphatic rings. The second kappa shape index (κ2) is 2.94. The van der Waals surface area contributed by atoms with Crippen LogP contribution in [0.5, 0.6) is 0 Å². The Morgan fingerprint density at radius 2 is 1.60 bits per heavy atom. The van der Waals surface area contributed by atoms with Gasteiger partial charge in [0, 0.05) is 6.08 Å². The van der Waals surface area contributed by atoms with Crippen LogP contribution in [0.15, 0.2) is 12.2 Å². The van der Waals surface area contributed by atoms with Gasteiger partial charge in [-0.3, -0.25) is 0 Å². The van der Waals surface area contributed by atoms with Crippen LogP contribution in [0.1, 0.15) is 0 Å². The third-order valence-corrected chi connectivity index (χ3v) is 0.585. The fourth-order valence-electron chi connectivity index (χ4n) is 0.205. The highest BCUT2D eigenvalue weighted by molar-refractivity contribution is 4.92. The number of hydrogen-bond acceptors (Lipinski definition) is 0. The zero-order valence-electron chi connectivity index (χ0n) is 4.42. The first kappa shape index (κ1) is 9.32. The summed E-state index contributed by atoms with van der Waals surface area (Å²) in [7, 11) is 0. The molecule has 0 aromatic rings. The lowest BCUT2D eigenvalue weighted by molar-refractivity contribution is -0.167. The van der Waals surface area contributed by atoms with Crippen LogP contribution in [0.25, 0.3) is 0 Å². The van der Waals surface area contributed by atoms with Gasteiger partial charge < -0.3 is 0 Å². The molecule has 0 radical (unpaired) electrons. The Morgan fingerprint density at radius 3 is 1.70 bits per heavy atom. The Labute approximate surface area is 52.1 Å². The van der Waals surface area contributed by atoms with E-state index in [0.29, 0.717) is 0 Å². The van der Waals surface area contributed by atoms with Gasteiger partial charge in [-0.05, 0) is 0 Å². The average Bonchev–Trinajstić information content (AvgIpc) is 1.60. The molecule has 0 nitrogen and oxygen atoms in total. The smallest absolute Gasteiger partial charge is 0.233 e. The predicted molar refractivity (Wildman–Crippen MR) is 21.2 cm³/mol. The van der Waals surface area contributed by atoms with E-state index in [-0.39, 0.29) is 0 Å². The molecule has 0 amide bonds. The molecule has 0 heterocycles. The molecule has 0 aliphatic carbocycles. The van der Waals surface area contributed by atoms with Crippen molar-refractivity contribution in [3.8, 4) is 0 Å². The van der Waals surface area contributed by atoms with Gasteiger partial charge in [0.25, 0.3) is 6.08 Å². The highest BCUT2D eigenvalue weighted by atomic mass is 19.4. The largest absolute Gasteiger partial charge is 0.423 e. The molecular formula is C4H2F6. The predicted octanol–water partition coefficient (Wildman–Crippen LogP) is 2.67. The highest BCUT2D eigenvalue weighted by Crippen LogP contribution is 2.24. The maximum Gasteiger partial charge on any atom is 0.423 e. The number of rotatable bonds is 1.